The second-order valence-electron chi connectivity index (χ2n) is 4.69. The van der Waals surface area contributed by atoms with Crippen LogP contribution in [0.2, 0.25) is 5.28 Å². The van der Waals surface area contributed by atoms with E-state index in [0.717, 1.165) is 17.5 Å². The quantitative estimate of drug-likeness (QED) is 0.501. The molecule has 108 valence electrons. The van der Waals surface area contributed by atoms with Crippen LogP contribution < -0.4 is 0 Å². The van der Waals surface area contributed by atoms with E-state index < -0.39 is 11.6 Å². The minimum Gasteiger partial charge on any atom is -0.218 e. The SMILES string of the molecule is Fc1ccc(-c2nc3c4ccccc4nc(Cl)n3n2)c(F)c1. The molecule has 4 rings (SSSR count). The number of hydrogen-bond donors (Lipinski definition) is 0. The lowest BCUT2D eigenvalue weighted by Gasteiger charge is -1.99. The number of aromatic nitrogens is 4. The molecule has 0 aliphatic heterocycles. The molecule has 0 radical (unpaired) electrons. The van der Waals surface area contributed by atoms with E-state index >= 15 is 0 Å². The predicted molar refractivity (Wildman–Crippen MR) is 78.7 cm³/mol. The van der Waals surface area contributed by atoms with Gasteiger partial charge < -0.3 is 0 Å². The van der Waals surface area contributed by atoms with E-state index in [1.165, 1.54) is 10.6 Å². The fourth-order valence-corrected chi connectivity index (χ4v) is 2.52. The van der Waals surface area contributed by atoms with Crippen LogP contribution in [-0.2, 0) is 0 Å². The van der Waals surface area contributed by atoms with Crippen LogP contribution in [0.15, 0.2) is 42.5 Å². The zero-order valence-electron chi connectivity index (χ0n) is 11.0. The number of hydrogen-bond acceptors (Lipinski definition) is 3. The van der Waals surface area contributed by atoms with Crippen LogP contribution in [0.1, 0.15) is 0 Å². The highest BCUT2D eigenvalue weighted by Crippen LogP contribution is 2.25. The van der Waals surface area contributed by atoms with Gasteiger partial charge in [-0.15, -0.1) is 5.10 Å². The normalized spacial score (nSPS) is 11.4. The molecule has 2 aromatic heterocycles. The largest absolute Gasteiger partial charge is 0.226 e. The lowest BCUT2D eigenvalue weighted by atomic mass is 10.2. The van der Waals surface area contributed by atoms with Crippen molar-refractivity contribution in [1.82, 2.24) is 19.6 Å². The van der Waals surface area contributed by atoms with Crippen molar-refractivity contribution in [1.29, 1.82) is 0 Å². The van der Waals surface area contributed by atoms with Gasteiger partial charge in [-0.2, -0.15) is 4.52 Å². The molecule has 0 N–H and O–H groups in total. The van der Waals surface area contributed by atoms with Gasteiger partial charge in [0.05, 0.1) is 11.1 Å². The van der Waals surface area contributed by atoms with Gasteiger partial charge in [-0.25, -0.2) is 18.7 Å². The zero-order valence-corrected chi connectivity index (χ0v) is 11.7. The molecular formula is C15H7ClF2N4. The molecular weight excluding hydrogens is 310 g/mol. The van der Waals surface area contributed by atoms with Crippen molar-refractivity contribution in [2.24, 2.45) is 0 Å². The van der Waals surface area contributed by atoms with Gasteiger partial charge in [-0.3, -0.25) is 0 Å². The van der Waals surface area contributed by atoms with E-state index in [1.807, 2.05) is 18.2 Å². The molecule has 2 aromatic carbocycles. The maximum absolute atomic E-state index is 13.9. The maximum Gasteiger partial charge on any atom is 0.226 e. The number of para-hydroxylation sites is 1. The van der Waals surface area contributed by atoms with Crippen molar-refractivity contribution in [3.63, 3.8) is 0 Å². The van der Waals surface area contributed by atoms with Crippen LogP contribution in [-0.4, -0.2) is 19.6 Å². The Kier molecular flexibility index (Phi) is 2.80. The molecule has 4 nitrogen and oxygen atoms in total. The number of halogens is 3. The molecule has 7 heteroatoms. The Hall–Kier alpha value is -2.60. The van der Waals surface area contributed by atoms with Crippen molar-refractivity contribution < 1.29 is 8.78 Å². The number of fused-ring (bicyclic) bond motifs is 3. The monoisotopic (exact) mass is 316 g/mol. The Labute approximate surface area is 128 Å². The Morgan fingerprint density at radius 2 is 1.82 bits per heavy atom. The van der Waals surface area contributed by atoms with Gasteiger partial charge in [0.2, 0.25) is 5.28 Å². The van der Waals surface area contributed by atoms with Gasteiger partial charge in [0.25, 0.3) is 0 Å². The van der Waals surface area contributed by atoms with E-state index in [-0.39, 0.29) is 16.7 Å². The van der Waals surface area contributed by atoms with Gasteiger partial charge in [0.1, 0.15) is 11.6 Å². The second kappa shape index (κ2) is 4.71. The van der Waals surface area contributed by atoms with Gasteiger partial charge in [-0.1, -0.05) is 12.1 Å². The topological polar surface area (TPSA) is 43.1 Å². The first-order chi connectivity index (χ1) is 10.6. The first-order valence-corrected chi connectivity index (χ1v) is 6.78. The Balaban J connectivity index is 2.05. The standard InChI is InChI=1S/C15H7ClF2N4/c16-15-19-12-4-2-1-3-10(12)14-20-13(21-22(14)15)9-6-5-8(17)7-11(9)18/h1-7H. The van der Waals surface area contributed by atoms with Gasteiger partial charge in [-0.05, 0) is 35.9 Å². The third-order valence-corrected chi connectivity index (χ3v) is 3.56. The molecule has 0 aliphatic carbocycles. The Bertz CT molecular complexity index is 1030. The molecule has 2 heterocycles. The van der Waals surface area contributed by atoms with Crippen molar-refractivity contribution in [2.45, 2.75) is 0 Å². The molecule has 22 heavy (non-hydrogen) atoms. The van der Waals surface area contributed by atoms with Crippen LogP contribution in [0.4, 0.5) is 8.78 Å². The predicted octanol–water partition coefficient (Wildman–Crippen LogP) is 3.88. The van der Waals surface area contributed by atoms with Crippen LogP contribution >= 0.6 is 11.6 Å². The average Bonchev–Trinajstić information content (AvgIpc) is 2.93. The third kappa shape index (κ3) is 1.92. The molecule has 0 atom stereocenters. The van der Waals surface area contributed by atoms with Crippen LogP contribution in [0.25, 0.3) is 27.9 Å². The summed E-state index contributed by atoms with van der Waals surface area (Å²) < 4.78 is 28.3. The number of rotatable bonds is 1. The lowest BCUT2D eigenvalue weighted by Crippen LogP contribution is -1.94. The van der Waals surface area contributed by atoms with E-state index in [1.54, 1.807) is 6.07 Å². The fourth-order valence-electron chi connectivity index (χ4n) is 2.31. The summed E-state index contributed by atoms with van der Waals surface area (Å²) in [6, 6.07) is 10.5. The molecule has 0 aliphatic rings. The summed E-state index contributed by atoms with van der Waals surface area (Å²) in [6.07, 6.45) is 0. The molecule has 0 bridgehead atoms. The average molecular weight is 317 g/mol. The van der Waals surface area contributed by atoms with E-state index in [9.17, 15) is 8.78 Å². The smallest absolute Gasteiger partial charge is 0.218 e. The van der Waals surface area contributed by atoms with Crippen LogP contribution in [0, 0.1) is 11.6 Å². The van der Waals surface area contributed by atoms with Crippen molar-refractivity contribution in [3.05, 3.63) is 59.4 Å². The van der Waals surface area contributed by atoms with Crippen LogP contribution in [0.5, 0.6) is 0 Å². The molecule has 4 aromatic rings. The van der Waals surface area contributed by atoms with E-state index in [4.69, 9.17) is 11.6 Å². The highest BCUT2D eigenvalue weighted by Gasteiger charge is 2.16. The maximum atomic E-state index is 13.9. The number of nitrogens with zero attached hydrogens (tertiary/aromatic N) is 4. The second-order valence-corrected chi connectivity index (χ2v) is 5.03. The first-order valence-electron chi connectivity index (χ1n) is 6.40. The molecule has 0 saturated carbocycles. The summed E-state index contributed by atoms with van der Waals surface area (Å²) in [6.45, 7) is 0. The molecule has 0 saturated heterocycles. The summed E-state index contributed by atoms with van der Waals surface area (Å²) in [5.74, 6) is -1.27. The molecule has 0 unspecified atom stereocenters. The molecule has 0 fully saturated rings. The summed E-state index contributed by atoms with van der Waals surface area (Å²) >= 11 is 6.10. The minimum atomic E-state index is -0.732. The molecule has 0 amide bonds. The van der Waals surface area contributed by atoms with Crippen molar-refractivity contribution in [3.8, 4) is 11.4 Å². The zero-order chi connectivity index (χ0) is 15.3. The third-order valence-electron chi connectivity index (χ3n) is 3.31. The van der Waals surface area contributed by atoms with Crippen LogP contribution in [0.3, 0.4) is 0 Å². The molecule has 0 spiro atoms. The van der Waals surface area contributed by atoms with E-state index in [0.29, 0.717) is 11.2 Å². The van der Waals surface area contributed by atoms with Gasteiger partial charge in [0.15, 0.2) is 11.5 Å². The highest BCUT2D eigenvalue weighted by atomic mass is 35.5. The Morgan fingerprint density at radius 1 is 1.00 bits per heavy atom. The van der Waals surface area contributed by atoms with Crippen molar-refractivity contribution in [2.75, 3.05) is 0 Å². The minimum absolute atomic E-state index is 0.102. The lowest BCUT2D eigenvalue weighted by molar-refractivity contribution is 0.585. The van der Waals surface area contributed by atoms with E-state index in [2.05, 4.69) is 15.1 Å². The van der Waals surface area contributed by atoms with Gasteiger partial charge in [0, 0.05) is 11.5 Å². The first kappa shape index (κ1) is 13.1. The fraction of sp³-hybridized carbons (Fsp3) is 0. The van der Waals surface area contributed by atoms with Gasteiger partial charge >= 0.3 is 0 Å². The summed E-state index contributed by atoms with van der Waals surface area (Å²) in [5, 5.41) is 5.04. The summed E-state index contributed by atoms with van der Waals surface area (Å²) in [5.41, 5.74) is 1.23. The van der Waals surface area contributed by atoms with Crippen molar-refractivity contribution >= 4 is 28.2 Å². The highest BCUT2D eigenvalue weighted by molar-refractivity contribution is 6.29. The number of benzene rings is 2. The summed E-state index contributed by atoms with van der Waals surface area (Å²) in [4.78, 5) is 8.55. The Morgan fingerprint density at radius 3 is 2.64 bits per heavy atom. The summed E-state index contributed by atoms with van der Waals surface area (Å²) in [7, 11) is 0.